The predicted octanol–water partition coefficient (Wildman–Crippen LogP) is 5.19. The highest BCUT2D eigenvalue weighted by atomic mass is 35.5. The first-order valence-corrected chi connectivity index (χ1v) is 11.2. The highest BCUT2D eigenvalue weighted by Crippen LogP contribution is 2.45. The van der Waals surface area contributed by atoms with Crippen LogP contribution in [0.25, 0.3) is 10.9 Å². The molecule has 0 saturated carbocycles. The number of alkyl halides is 1. The van der Waals surface area contributed by atoms with Gasteiger partial charge >= 0.3 is 0 Å². The van der Waals surface area contributed by atoms with Crippen LogP contribution in [0.5, 0.6) is 0 Å². The standard InChI is InChI=1S/C24H25ClF3N3O/c1-3-4-9-29-20-12-18-17-10-16(27)11-19(28)22(17)30-23(18)24(2,31(20)21(32)13-25)14-5-7-15(26)8-6-14/h5-8,10-11,20,29-30H,3-4,9,12-13H2,1-2H3/t20-,24+/m1/s1. The summed E-state index contributed by atoms with van der Waals surface area (Å²) in [6.45, 7) is 4.55. The van der Waals surface area contributed by atoms with Crippen molar-refractivity contribution in [2.24, 2.45) is 0 Å². The van der Waals surface area contributed by atoms with Crippen molar-refractivity contribution in [3.8, 4) is 0 Å². The molecule has 1 aromatic heterocycles. The molecule has 0 saturated heterocycles. The molecule has 2 heterocycles. The summed E-state index contributed by atoms with van der Waals surface area (Å²) in [6.07, 6.45) is 1.76. The minimum absolute atomic E-state index is 0.178. The van der Waals surface area contributed by atoms with E-state index in [0.29, 0.717) is 29.6 Å². The third kappa shape index (κ3) is 3.67. The Labute approximate surface area is 189 Å². The van der Waals surface area contributed by atoms with Crippen LogP contribution < -0.4 is 5.32 Å². The molecule has 1 amide bonds. The van der Waals surface area contributed by atoms with Crippen LogP contribution in [-0.4, -0.2) is 34.4 Å². The molecule has 32 heavy (non-hydrogen) atoms. The van der Waals surface area contributed by atoms with Gasteiger partial charge in [-0.25, -0.2) is 13.2 Å². The van der Waals surface area contributed by atoms with Crippen molar-refractivity contribution in [1.29, 1.82) is 0 Å². The van der Waals surface area contributed by atoms with E-state index in [0.717, 1.165) is 24.5 Å². The van der Waals surface area contributed by atoms with Gasteiger partial charge < -0.3 is 9.88 Å². The second-order valence-corrected chi connectivity index (χ2v) is 8.56. The number of carbonyl (C=O) groups is 1. The second-order valence-electron chi connectivity index (χ2n) is 8.29. The molecule has 0 spiro atoms. The zero-order valence-electron chi connectivity index (χ0n) is 17.9. The molecule has 2 aromatic carbocycles. The Kier molecular flexibility index (Phi) is 6.23. The molecular weight excluding hydrogens is 439 g/mol. The number of carbonyl (C=O) groups excluding carboxylic acids is 1. The van der Waals surface area contributed by atoms with Crippen molar-refractivity contribution in [3.05, 3.63) is 70.7 Å². The SMILES string of the molecule is CCCCN[C@H]1Cc2c([nH]c3c(F)cc(F)cc23)[C@](C)(c2ccc(F)cc2)N1C(=O)CCl. The number of fused-ring (bicyclic) bond motifs is 3. The van der Waals surface area contributed by atoms with Crippen molar-refractivity contribution in [2.75, 3.05) is 12.4 Å². The molecule has 170 valence electrons. The average Bonchev–Trinajstić information content (AvgIpc) is 3.13. The van der Waals surface area contributed by atoms with Crippen molar-refractivity contribution in [1.82, 2.24) is 15.2 Å². The number of benzene rings is 2. The van der Waals surface area contributed by atoms with Gasteiger partial charge in [0, 0.05) is 23.6 Å². The molecule has 2 atom stereocenters. The Morgan fingerprint density at radius 2 is 1.94 bits per heavy atom. The largest absolute Gasteiger partial charge is 0.354 e. The number of aromatic amines is 1. The molecule has 1 aliphatic heterocycles. The fourth-order valence-corrected chi connectivity index (χ4v) is 4.90. The van der Waals surface area contributed by atoms with E-state index in [1.54, 1.807) is 17.0 Å². The van der Waals surface area contributed by atoms with Crippen LogP contribution in [0.15, 0.2) is 36.4 Å². The number of rotatable bonds is 6. The molecule has 4 rings (SSSR count). The van der Waals surface area contributed by atoms with Crippen LogP contribution in [-0.2, 0) is 16.8 Å². The first-order valence-electron chi connectivity index (χ1n) is 10.7. The lowest BCUT2D eigenvalue weighted by atomic mass is 9.79. The molecular formula is C24H25ClF3N3O. The smallest absolute Gasteiger partial charge is 0.239 e. The third-order valence-electron chi connectivity index (χ3n) is 6.31. The maximum absolute atomic E-state index is 14.7. The lowest BCUT2D eigenvalue weighted by Crippen LogP contribution is -2.62. The van der Waals surface area contributed by atoms with Crippen molar-refractivity contribution in [2.45, 2.75) is 44.8 Å². The van der Waals surface area contributed by atoms with E-state index in [1.165, 1.54) is 18.2 Å². The van der Waals surface area contributed by atoms with Crippen LogP contribution in [0.1, 0.15) is 43.5 Å². The third-order valence-corrected chi connectivity index (χ3v) is 6.54. The number of hydrogen-bond acceptors (Lipinski definition) is 2. The van der Waals surface area contributed by atoms with Gasteiger partial charge in [-0.2, -0.15) is 0 Å². The highest BCUT2D eigenvalue weighted by Gasteiger charge is 2.48. The summed E-state index contributed by atoms with van der Waals surface area (Å²) in [6, 6.07) is 7.98. The van der Waals surface area contributed by atoms with Crippen LogP contribution in [0.4, 0.5) is 13.2 Å². The lowest BCUT2D eigenvalue weighted by Gasteiger charge is -2.49. The normalized spacial score (nSPS) is 20.6. The number of nitrogens with one attached hydrogen (secondary N) is 2. The van der Waals surface area contributed by atoms with E-state index in [4.69, 9.17) is 11.6 Å². The molecule has 0 fully saturated rings. The van der Waals surface area contributed by atoms with Gasteiger partial charge in [0.25, 0.3) is 0 Å². The fraction of sp³-hybridized carbons (Fsp3) is 0.375. The summed E-state index contributed by atoms with van der Waals surface area (Å²) in [7, 11) is 0. The lowest BCUT2D eigenvalue weighted by molar-refractivity contribution is -0.138. The van der Waals surface area contributed by atoms with E-state index < -0.39 is 29.2 Å². The number of amides is 1. The van der Waals surface area contributed by atoms with E-state index in [2.05, 4.69) is 17.2 Å². The quantitative estimate of drug-likeness (QED) is 0.390. The molecule has 3 aromatic rings. The Morgan fingerprint density at radius 3 is 2.59 bits per heavy atom. The maximum Gasteiger partial charge on any atom is 0.239 e. The Bertz CT molecular complexity index is 1150. The first-order chi connectivity index (χ1) is 15.3. The van der Waals surface area contributed by atoms with Gasteiger partial charge in [0.15, 0.2) is 0 Å². The van der Waals surface area contributed by atoms with Gasteiger partial charge in [-0.3, -0.25) is 10.1 Å². The summed E-state index contributed by atoms with van der Waals surface area (Å²) >= 11 is 6.00. The Balaban J connectivity index is 1.99. The van der Waals surface area contributed by atoms with Gasteiger partial charge in [0.05, 0.1) is 11.7 Å². The van der Waals surface area contributed by atoms with Gasteiger partial charge in [-0.1, -0.05) is 25.5 Å². The molecule has 8 heteroatoms. The molecule has 0 radical (unpaired) electrons. The molecule has 2 N–H and O–H groups in total. The van der Waals surface area contributed by atoms with Gasteiger partial charge in [-0.15, -0.1) is 11.6 Å². The molecule has 0 aliphatic carbocycles. The van der Waals surface area contributed by atoms with Gasteiger partial charge in [0.2, 0.25) is 5.91 Å². The van der Waals surface area contributed by atoms with Gasteiger partial charge in [-0.05, 0) is 49.2 Å². The summed E-state index contributed by atoms with van der Waals surface area (Å²) in [5, 5.41) is 3.86. The van der Waals surface area contributed by atoms with E-state index in [-0.39, 0.29) is 17.3 Å². The number of unbranched alkanes of at least 4 members (excludes halogenated alkanes) is 1. The zero-order valence-corrected chi connectivity index (χ0v) is 18.7. The number of H-pyrrole nitrogens is 1. The number of halogens is 4. The minimum Gasteiger partial charge on any atom is -0.354 e. The van der Waals surface area contributed by atoms with Crippen LogP contribution in [0.2, 0.25) is 0 Å². The predicted molar refractivity (Wildman–Crippen MR) is 119 cm³/mol. The Hall–Kier alpha value is -2.51. The maximum atomic E-state index is 14.7. The molecule has 1 aliphatic rings. The van der Waals surface area contributed by atoms with Crippen molar-refractivity contribution < 1.29 is 18.0 Å². The van der Waals surface area contributed by atoms with Crippen LogP contribution in [0, 0.1) is 17.5 Å². The van der Waals surface area contributed by atoms with Crippen LogP contribution in [0.3, 0.4) is 0 Å². The highest BCUT2D eigenvalue weighted by molar-refractivity contribution is 6.27. The monoisotopic (exact) mass is 463 g/mol. The topological polar surface area (TPSA) is 48.1 Å². The first kappa shape index (κ1) is 22.7. The zero-order chi connectivity index (χ0) is 23.0. The Morgan fingerprint density at radius 1 is 1.22 bits per heavy atom. The summed E-state index contributed by atoms with van der Waals surface area (Å²) < 4.78 is 42.5. The second kappa shape index (κ2) is 8.79. The molecule has 0 bridgehead atoms. The van der Waals surface area contributed by atoms with E-state index in [1.807, 2.05) is 6.92 Å². The van der Waals surface area contributed by atoms with E-state index in [9.17, 15) is 18.0 Å². The fourth-order valence-electron chi connectivity index (χ4n) is 4.77. The molecule has 4 nitrogen and oxygen atoms in total. The van der Waals surface area contributed by atoms with E-state index >= 15 is 0 Å². The molecule has 0 unspecified atom stereocenters. The van der Waals surface area contributed by atoms with Gasteiger partial charge in [0.1, 0.15) is 28.9 Å². The number of hydrogen-bond donors (Lipinski definition) is 2. The van der Waals surface area contributed by atoms with Crippen LogP contribution >= 0.6 is 11.6 Å². The van der Waals surface area contributed by atoms with Crippen molar-refractivity contribution in [3.63, 3.8) is 0 Å². The average molecular weight is 464 g/mol. The summed E-state index contributed by atoms with van der Waals surface area (Å²) in [5.74, 6) is -2.35. The number of aromatic nitrogens is 1. The van der Waals surface area contributed by atoms with Crippen molar-refractivity contribution >= 4 is 28.4 Å². The number of nitrogens with zero attached hydrogens (tertiary/aromatic N) is 1. The summed E-state index contributed by atoms with van der Waals surface area (Å²) in [4.78, 5) is 17.9. The summed E-state index contributed by atoms with van der Waals surface area (Å²) in [5.41, 5.74) is 0.984. The minimum atomic E-state index is -1.11.